The second-order valence-corrected chi connectivity index (χ2v) is 29.8. The largest absolute Gasteiger partial charge is 0.487 e. The summed E-state index contributed by atoms with van der Waals surface area (Å²) in [6.07, 6.45) is -32.6. The lowest BCUT2D eigenvalue weighted by atomic mass is 9.91. The Labute approximate surface area is 632 Å². The molecule has 0 saturated heterocycles. The highest BCUT2D eigenvalue weighted by Gasteiger charge is 2.98. The minimum atomic E-state index is -8.97. The van der Waals surface area contributed by atoms with Gasteiger partial charge in [-0.2, -0.15) is 263 Å². The third-order valence-corrected chi connectivity index (χ3v) is 23.3. The smallest absolute Gasteiger partial charge is 0.460 e. The molecular weight excluding hydrogens is 1940 g/mol. The summed E-state index contributed by atoms with van der Waals surface area (Å²) in [7, 11) is -7.16. The lowest BCUT2D eigenvalue weighted by molar-refractivity contribution is -0.453. The molecule has 0 bridgehead atoms. The van der Waals surface area contributed by atoms with Crippen molar-refractivity contribution in [1.29, 1.82) is 0 Å². The van der Waals surface area contributed by atoms with Crippen LogP contribution >= 0.6 is 15.2 Å². The van der Waals surface area contributed by atoms with Gasteiger partial charge in [0, 0.05) is 0 Å². The van der Waals surface area contributed by atoms with Gasteiger partial charge in [-0.05, 0) is 85.0 Å². The summed E-state index contributed by atoms with van der Waals surface area (Å²) in [6, 6.07) is -0.178. The van der Waals surface area contributed by atoms with Gasteiger partial charge in [0.1, 0.15) is 23.0 Å². The normalized spacial score (nSPS) is 15.8. The molecule has 0 aliphatic rings. The number of hydrogen-bond donors (Lipinski definition) is 0. The third kappa shape index (κ3) is 16.4. The van der Waals surface area contributed by atoms with E-state index in [4.69, 9.17) is 0 Å². The predicted octanol–water partition coefficient (Wildman–Crippen LogP) is 24.2. The molecule has 0 aliphatic heterocycles. The van der Waals surface area contributed by atoms with Crippen molar-refractivity contribution < 1.29 is 282 Å². The van der Waals surface area contributed by atoms with E-state index in [9.17, 15) is 263 Å². The summed E-state index contributed by atoms with van der Waals surface area (Å²) in [6.45, 7) is -15.1. The van der Waals surface area contributed by atoms with Gasteiger partial charge in [0.2, 0.25) is 0 Å². The number of benzene rings is 4. The fourth-order valence-corrected chi connectivity index (χ4v) is 16.2. The molecule has 0 N–H and O–H groups in total. The van der Waals surface area contributed by atoms with Crippen molar-refractivity contribution in [3.8, 4) is 23.0 Å². The van der Waals surface area contributed by atoms with Gasteiger partial charge in [-0.3, -0.25) is 0 Å². The van der Waals surface area contributed by atoms with E-state index >= 15 is 0 Å². The van der Waals surface area contributed by atoms with E-state index in [1.807, 2.05) is 0 Å². The zero-order valence-corrected chi connectivity index (χ0v) is 57.1. The summed E-state index contributed by atoms with van der Waals surface area (Å²) in [5.74, 6) is -211. The molecule has 0 aliphatic carbocycles. The van der Waals surface area contributed by atoms with E-state index in [0.29, 0.717) is 0 Å². The SMILES string of the molecule is FC(F)(F)C(F)(F)C(F)(F)C(F)(F)C(F)(F)C(F)(F)C(F)(F)COc1ccc(P(c2ccc(OCC(F)(F)C(F)(F)C(F)(F)C(F)(F)C(F)(F)C(F)(F)C(F)(F)F)cc2)P(c2ccc(OCC(F)(F)C(F)(F)C(F)(F)C(F)(F)C(F)(F)C(F)(F)C(F)(F)F)cc2)c2ccc(OCC(F)(F)C(F)(F)C(F)(F)C(F)(F)C(F)(F)C(F)(F)C(F)(F)F)cc2)cc1. The Balaban J connectivity index is 2.08. The molecule has 0 radical (unpaired) electrons. The molecule has 0 fully saturated rings. The van der Waals surface area contributed by atoms with E-state index in [1.165, 1.54) is 0 Å². The van der Waals surface area contributed by atoms with Crippen LogP contribution < -0.4 is 40.2 Å². The van der Waals surface area contributed by atoms with Crippen molar-refractivity contribution >= 4 is 36.4 Å². The van der Waals surface area contributed by atoms with Gasteiger partial charge < -0.3 is 18.9 Å². The maximum Gasteiger partial charge on any atom is 0.460 e. The minimum absolute atomic E-state index is 0.102. The Kier molecular flexibility index (Phi) is 27.5. The van der Waals surface area contributed by atoms with Gasteiger partial charge in [0.05, 0.1) is 0 Å². The number of rotatable bonds is 37. The molecule has 66 heteroatoms. The van der Waals surface area contributed by atoms with Gasteiger partial charge in [-0.25, -0.2) is 0 Å². The summed E-state index contributed by atoms with van der Waals surface area (Å²) in [4.78, 5) is 0. The minimum Gasteiger partial charge on any atom is -0.487 e. The molecule has 0 unspecified atom stereocenters. The molecule has 122 heavy (non-hydrogen) atoms. The van der Waals surface area contributed by atoms with Gasteiger partial charge >= 0.3 is 167 Å². The van der Waals surface area contributed by atoms with Crippen LogP contribution in [0, 0.1) is 0 Å². The maximum atomic E-state index is 14.9. The third-order valence-electron chi connectivity index (χ3n) is 15.8. The molecule has 4 aromatic rings. The molecule has 4 nitrogen and oxygen atoms in total. The summed E-state index contributed by atoms with van der Waals surface area (Å²) in [5.41, 5.74) is 0. The first-order valence-electron chi connectivity index (χ1n) is 29.1. The molecule has 4 rings (SSSR count). The molecule has 0 heterocycles. The Morgan fingerprint density at radius 1 is 0.139 bits per heavy atom. The van der Waals surface area contributed by atoms with E-state index < -0.39 is 253 Å². The zero-order chi connectivity index (χ0) is 96.7. The standard InChI is InChI=1S/C56H24F60O4P2/c57-29(58,33(65,66)37(73,74)41(81,82)45(89,90)49(97,98)53(105,106)107)17-117-21-1-9-25(10-2-21)121(26-11-3-22(4-12-26)118-18-30(59,60)34(67,68)38(75,76)42(83,84)46(91,92)50(99,100)54(108,109)110)122(27-13-5-23(6-14-27)119-19-31(61,62)35(69,70)39(77,78)43(85,86)47(93,94)51(101,102)55(111,112)113)28-15-7-24(8-16-28)120-20-32(63,64)36(71,72)40(79,80)44(87,88)48(95,96)52(103,104)56(114,115)116/h1-16H,17-20H2. The zero-order valence-electron chi connectivity index (χ0n) is 55.3. The Hall–Kier alpha value is -7.26. The van der Waals surface area contributed by atoms with E-state index in [0.717, 1.165) is 0 Å². The van der Waals surface area contributed by atoms with Crippen molar-refractivity contribution in [3.05, 3.63) is 97.1 Å². The van der Waals surface area contributed by atoms with Crippen LogP contribution in [0.2, 0.25) is 0 Å². The second kappa shape index (κ2) is 31.4. The first kappa shape index (κ1) is 107. The number of alkyl halides is 60. The van der Waals surface area contributed by atoms with Gasteiger partial charge in [-0.1, -0.05) is 48.5 Å². The number of halogens is 60. The lowest BCUT2D eigenvalue weighted by Crippen LogP contribution is -2.73. The van der Waals surface area contributed by atoms with E-state index in [2.05, 4.69) is 18.9 Å². The van der Waals surface area contributed by atoms with Crippen molar-refractivity contribution in [2.75, 3.05) is 26.4 Å². The van der Waals surface area contributed by atoms with Gasteiger partial charge in [0.15, 0.2) is 26.4 Å². The van der Waals surface area contributed by atoms with Crippen LogP contribution in [-0.4, -0.2) is 193 Å². The number of hydrogen-bond acceptors (Lipinski definition) is 4. The van der Waals surface area contributed by atoms with Crippen molar-refractivity contribution in [3.63, 3.8) is 0 Å². The topological polar surface area (TPSA) is 36.9 Å². The highest BCUT2D eigenvalue weighted by Crippen LogP contribution is 2.70. The molecule has 0 amide bonds. The molecule has 0 atom stereocenters. The van der Waals surface area contributed by atoms with Crippen molar-refractivity contribution in [1.82, 2.24) is 0 Å². The lowest BCUT2D eigenvalue weighted by Gasteiger charge is -2.41. The van der Waals surface area contributed by atoms with Crippen LogP contribution in [0.4, 0.5) is 263 Å². The fraction of sp³-hybridized carbons (Fsp3) is 0.571. The Morgan fingerprint density at radius 2 is 0.238 bits per heavy atom. The fourth-order valence-electron chi connectivity index (χ4n) is 8.55. The first-order chi connectivity index (χ1) is 53.2. The summed E-state index contributed by atoms with van der Waals surface area (Å²) < 4.78 is 853. The predicted molar refractivity (Wildman–Crippen MR) is 283 cm³/mol. The Bertz CT molecular complexity index is 3690. The molecule has 0 spiro atoms. The monoisotopic (exact) mass is 1960 g/mol. The molecule has 702 valence electrons. The van der Waals surface area contributed by atoms with Crippen LogP contribution in [-0.2, 0) is 0 Å². The average Bonchev–Trinajstić information content (AvgIpc) is 0.714. The van der Waals surface area contributed by atoms with E-state index in [-0.39, 0.29) is 97.1 Å². The van der Waals surface area contributed by atoms with E-state index in [1.54, 1.807) is 0 Å². The number of ether oxygens (including phenoxy) is 4. The average molecular weight is 1960 g/mol. The Morgan fingerprint density at radius 3 is 0.344 bits per heavy atom. The summed E-state index contributed by atoms with van der Waals surface area (Å²) in [5, 5.41) is -4.10. The van der Waals surface area contributed by atoms with Gasteiger partial charge in [0.25, 0.3) is 0 Å². The second-order valence-electron chi connectivity index (χ2n) is 24.1. The van der Waals surface area contributed by atoms with Crippen molar-refractivity contribution in [2.24, 2.45) is 0 Å². The highest BCUT2D eigenvalue weighted by molar-refractivity contribution is 8.41. The molecular formula is C56H24F60O4P2. The quantitative estimate of drug-likeness (QED) is 0.0333. The first-order valence-corrected chi connectivity index (χ1v) is 32.5. The molecule has 0 aromatic heterocycles. The van der Waals surface area contributed by atoms with Crippen LogP contribution in [0.15, 0.2) is 97.1 Å². The van der Waals surface area contributed by atoms with Gasteiger partial charge in [-0.15, -0.1) is 0 Å². The molecule has 0 saturated carbocycles. The highest BCUT2D eigenvalue weighted by atomic mass is 32.1. The van der Waals surface area contributed by atoms with Crippen LogP contribution in [0.1, 0.15) is 0 Å². The van der Waals surface area contributed by atoms with Crippen LogP contribution in [0.5, 0.6) is 23.0 Å². The van der Waals surface area contributed by atoms with Crippen LogP contribution in [0.25, 0.3) is 0 Å². The maximum absolute atomic E-state index is 14.9. The van der Waals surface area contributed by atoms with Crippen molar-refractivity contribution in [2.45, 2.75) is 167 Å². The van der Waals surface area contributed by atoms with Crippen LogP contribution in [0.3, 0.4) is 0 Å². The summed E-state index contributed by atoms with van der Waals surface area (Å²) >= 11 is 0. The molecule has 4 aromatic carbocycles.